The van der Waals surface area contributed by atoms with Gasteiger partial charge >= 0.3 is 0 Å². The monoisotopic (exact) mass is 515 g/mol. The van der Waals surface area contributed by atoms with Crippen LogP contribution >= 0.6 is 0 Å². The number of nitrogens with zero attached hydrogens (tertiary/aromatic N) is 3. The summed E-state index contributed by atoms with van der Waals surface area (Å²) >= 11 is 0. The van der Waals surface area contributed by atoms with Crippen LogP contribution in [0.2, 0.25) is 0 Å². The Morgan fingerprint density at radius 2 is 1.68 bits per heavy atom. The van der Waals surface area contributed by atoms with Crippen LogP contribution in [0.15, 0.2) is 72.9 Å². The smallest absolute Gasteiger partial charge is 0.254 e. The lowest BCUT2D eigenvalue weighted by Crippen LogP contribution is -2.49. The maximum absolute atomic E-state index is 14.0. The Bertz CT molecular complexity index is 1170. The molecule has 0 spiro atoms. The number of aromatic nitrogens is 1. The van der Waals surface area contributed by atoms with Gasteiger partial charge in [0.05, 0.1) is 13.7 Å². The highest BCUT2D eigenvalue weighted by Crippen LogP contribution is 2.26. The fraction of sp³-hybridized carbons (Fsp3) is 0.438. The maximum Gasteiger partial charge on any atom is 0.254 e. The summed E-state index contributed by atoms with van der Waals surface area (Å²) in [4.78, 5) is 31.4. The molecule has 1 fully saturated rings. The molecular weight excluding hydrogens is 474 g/mol. The third-order valence-corrected chi connectivity index (χ3v) is 7.81. The zero-order chi connectivity index (χ0) is 26.9. The molecule has 1 aliphatic rings. The average Bonchev–Trinajstić information content (AvgIpc) is 3.41. The molecule has 3 aromatic rings. The largest absolute Gasteiger partial charge is 0.497 e. The third kappa shape index (κ3) is 6.85. The van der Waals surface area contributed by atoms with E-state index in [1.165, 1.54) is 12.0 Å². The molecule has 0 radical (unpaired) electrons. The van der Waals surface area contributed by atoms with E-state index in [1.807, 2.05) is 17.9 Å². The Hall–Kier alpha value is -3.54. The van der Waals surface area contributed by atoms with Crippen molar-refractivity contribution in [1.29, 1.82) is 0 Å². The van der Waals surface area contributed by atoms with Crippen LogP contribution in [-0.2, 0) is 17.9 Å². The SMILES string of the molecule is CCC(C)N(CC(=O)N(Cc1cccn1Cc1ccccc1)C1CCCCC1)C(=O)c1ccc(OC)cc1. The third-order valence-electron chi connectivity index (χ3n) is 7.81. The number of hydrogen-bond donors (Lipinski definition) is 0. The first-order chi connectivity index (χ1) is 18.5. The fourth-order valence-corrected chi connectivity index (χ4v) is 5.30. The molecule has 1 heterocycles. The Balaban J connectivity index is 1.55. The summed E-state index contributed by atoms with van der Waals surface area (Å²) in [7, 11) is 1.61. The number of amides is 2. The van der Waals surface area contributed by atoms with E-state index in [0.717, 1.165) is 44.3 Å². The standard InChI is InChI=1S/C32H41N3O3/c1-4-25(2)34(32(37)27-17-19-30(38-3)20-18-27)24-31(36)35(28-14-9-6-10-15-28)23-29-16-11-21-33(29)22-26-12-7-5-8-13-26/h5,7-8,11-13,16-21,25,28H,4,6,9-10,14-15,22-24H2,1-3H3. The number of ether oxygens (including phenoxy) is 1. The highest BCUT2D eigenvalue weighted by molar-refractivity contribution is 5.96. The number of benzene rings is 2. The second-order valence-corrected chi connectivity index (χ2v) is 10.3. The van der Waals surface area contributed by atoms with E-state index in [1.54, 1.807) is 36.3 Å². The van der Waals surface area contributed by atoms with Crippen LogP contribution in [0.25, 0.3) is 0 Å². The van der Waals surface area contributed by atoms with Gasteiger partial charge in [-0.2, -0.15) is 0 Å². The molecule has 1 unspecified atom stereocenters. The Morgan fingerprint density at radius 3 is 2.34 bits per heavy atom. The van der Waals surface area contributed by atoms with Crippen molar-refractivity contribution in [3.8, 4) is 5.75 Å². The van der Waals surface area contributed by atoms with Crippen LogP contribution in [0.4, 0.5) is 0 Å². The minimum atomic E-state index is -0.119. The van der Waals surface area contributed by atoms with Crippen LogP contribution in [0.1, 0.15) is 74.0 Å². The van der Waals surface area contributed by atoms with Crippen molar-refractivity contribution in [2.45, 2.75) is 77.5 Å². The molecule has 1 aliphatic carbocycles. The van der Waals surface area contributed by atoms with Gasteiger partial charge in [0.15, 0.2) is 0 Å². The number of rotatable bonds is 11. The first-order valence-electron chi connectivity index (χ1n) is 13.9. The minimum absolute atomic E-state index is 0.0199. The summed E-state index contributed by atoms with van der Waals surface area (Å²) in [5.74, 6) is 0.604. The van der Waals surface area contributed by atoms with Crippen LogP contribution in [0, 0.1) is 0 Å². The predicted octanol–water partition coefficient (Wildman–Crippen LogP) is 6.15. The van der Waals surface area contributed by atoms with Gasteiger partial charge in [0, 0.05) is 36.1 Å². The van der Waals surface area contributed by atoms with Gasteiger partial charge in [-0.05, 0) is 68.1 Å². The molecule has 1 aromatic heterocycles. The van der Waals surface area contributed by atoms with E-state index in [4.69, 9.17) is 4.74 Å². The van der Waals surface area contributed by atoms with Gasteiger partial charge in [-0.25, -0.2) is 0 Å². The number of methoxy groups -OCH3 is 1. The highest BCUT2D eigenvalue weighted by atomic mass is 16.5. The summed E-state index contributed by atoms with van der Waals surface area (Å²) in [5, 5.41) is 0. The number of hydrogen-bond acceptors (Lipinski definition) is 3. The number of carbonyl (C=O) groups is 2. The van der Waals surface area contributed by atoms with Crippen LogP contribution in [-0.4, -0.2) is 51.9 Å². The fourth-order valence-electron chi connectivity index (χ4n) is 5.30. The molecule has 0 aliphatic heterocycles. The van der Waals surface area contributed by atoms with Gasteiger partial charge in [0.25, 0.3) is 5.91 Å². The predicted molar refractivity (Wildman–Crippen MR) is 151 cm³/mol. The first-order valence-corrected chi connectivity index (χ1v) is 13.9. The van der Waals surface area contributed by atoms with Crippen molar-refractivity contribution < 1.29 is 14.3 Å². The molecular formula is C32H41N3O3. The van der Waals surface area contributed by atoms with Crippen molar-refractivity contribution in [2.24, 2.45) is 0 Å². The molecule has 202 valence electrons. The van der Waals surface area contributed by atoms with Crippen molar-refractivity contribution in [3.63, 3.8) is 0 Å². The quantitative estimate of drug-likeness (QED) is 0.308. The molecule has 6 heteroatoms. The Labute approximate surface area is 227 Å². The van der Waals surface area contributed by atoms with Gasteiger partial charge < -0.3 is 19.1 Å². The summed E-state index contributed by atoms with van der Waals surface area (Å²) in [5.41, 5.74) is 2.91. The van der Waals surface area contributed by atoms with Crippen molar-refractivity contribution >= 4 is 11.8 Å². The normalized spacial score (nSPS) is 14.6. The Kier molecular flexibility index (Phi) is 9.63. The molecule has 1 atom stereocenters. The van der Waals surface area contributed by atoms with Crippen molar-refractivity contribution in [1.82, 2.24) is 14.4 Å². The lowest BCUT2D eigenvalue weighted by molar-refractivity contribution is -0.136. The molecule has 0 N–H and O–H groups in total. The van der Waals surface area contributed by atoms with Gasteiger partial charge in [-0.1, -0.05) is 56.5 Å². The minimum Gasteiger partial charge on any atom is -0.497 e. The van der Waals surface area contributed by atoms with E-state index >= 15 is 0 Å². The van der Waals surface area contributed by atoms with E-state index in [-0.39, 0.29) is 30.4 Å². The van der Waals surface area contributed by atoms with E-state index in [9.17, 15) is 9.59 Å². The lowest BCUT2D eigenvalue weighted by atomic mass is 9.94. The summed E-state index contributed by atoms with van der Waals surface area (Å²) < 4.78 is 7.48. The lowest BCUT2D eigenvalue weighted by Gasteiger charge is -2.37. The summed E-state index contributed by atoms with van der Waals surface area (Å²) in [6, 6.07) is 21.8. The van der Waals surface area contributed by atoms with E-state index in [0.29, 0.717) is 17.9 Å². The van der Waals surface area contributed by atoms with Gasteiger partial charge in [0.1, 0.15) is 12.3 Å². The molecule has 0 bridgehead atoms. The van der Waals surface area contributed by atoms with Crippen LogP contribution < -0.4 is 4.74 Å². The summed E-state index contributed by atoms with van der Waals surface area (Å²) in [6.45, 7) is 5.47. The van der Waals surface area contributed by atoms with Gasteiger partial charge in [-0.15, -0.1) is 0 Å². The van der Waals surface area contributed by atoms with E-state index < -0.39 is 0 Å². The molecule has 6 nitrogen and oxygen atoms in total. The molecule has 0 saturated heterocycles. The first kappa shape index (κ1) is 27.5. The van der Waals surface area contributed by atoms with Crippen molar-refractivity contribution in [3.05, 3.63) is 89.7 Å². The zero-order valence-corrected chi connectivity index (χ0v) is 23.0. The molecule has 38 heavy (non-hydrogen) atoms. The van der Waals surface area contributed by atoms with Crippen LogP contribution in [0.3, 0.4) is 0 Å². The number of carbonyl (C=O) groups excluding carboxylic acids is 2. The molecule has 4 rings (SSSR count). The Morgan fingerprint density at radius 1 is 0.974 bits per heavy atom. The van der Waals surface area contributed by atoms with E-state index in [2.05, 4.69) is 54.1 Å². The topological polar surface area (TPSA) is 54.8 Å². The summed E-state index contributed by atoms with van der Waals surface area (Å²) in [6.07, 6.45) is 8.39. The van der Waals surface area contributed by atoms with Gasteiger partial charge in [0.2, 0.25) is 5.91 Å². The highest BCUT2D eigenvalue weighted by Gasteiger charge is 2.30. The second kappa shape index (κ2) is 13.3. The van der Waals surface area contributed by atoms with Crippen molar-refractivity contribution in [2.75, 3.05) is 13.7 Å². The molecule has 2 aromatic carbocycles. The second-order valence-electron chi connectivity index (χ2n) is 10.3. The van der Waals surface area contributed by atoms with Crippen LogP contribution in [0.5, 0.6) is 5.75 Å². The van der Waals surface area contributed by atoms with Gasteiger partial charge in [-0.3, -0.25) is 9.59 Å². The molecule has 1 saturated carbocycles. The maximum atomic E-state index is 14.0. The average molecular weight is 516 g/mol. The zero-order valence-electron chi connectivity index (χ0n) is 23.0. The molecule has 2 amide bonds.